The van der Waals surface area contributed by atoms with Gasteiger partial charge in [0.05, 0.1) is 4.90 Å². The summed E-state index contributed by atoms with van der Waals surface area (Å²) < 4.78 is 27.1. The predicted octanol–water partition coefficient (Wildman–Crippen LogP) is 1.77. The predicted molar refractivity (Wildman–Crippen MR) is 112 cm³/mol. The molecule has 156 valence electrons. The number of nitrogens with zero attached hydrogens (tertiary/aromatic N) is 2. The van der Waals surface area contributed by atoms with Crippen molar-refractivity contribution in [3.8, 4) is 0 Å². The molecule has 0 bridgehead atoms. The van der Waals surface area contributed by atoms with Crippen LogP contribution in [0, 0.1) is 5.92 Å². The van der Waals surface area contributed by atoms with Gasteiger partial charge in [-0.1, -0.05) is 31.9 Å². The van der Waals surface area contributed by atoms with Gasteiger partial charge in [-0.05, 0) is 44.5 Å². The number of nitrogens with one attached hydrogen (secondary N) is 2. The molecule has 2 unspecified atom stereocenters. The number of amidine groups is 1. The summed E-state index contributed by atoms with van der Waals surface area (Å²) in [5, 5.41) is 3.17. The zero-order chi connectivity index (χ0) is 19.4. The molecule has 9 heteroatoms. The van der Waals surface area contributed by atoms with Gasteiger partial charge in [0.25, 0.3) is 10.0 Å². The molecular formula is C19H29ClN4O3S. The largest absolute Gasteiger partial charge is 0.341 e. The van der Waals surface area contributed by atoms with E-state index in [1.54, 1.807) is 24.3 Å². The molecule has 1 saturated heterocycles. The fourth-order valence-electron chi connectivity index (χ4n) is 3.73. The van der Waals surface area contributed by atoms with Crippen LogP contribution in [0.1, 0.15) is 38.2 Å². The van der Waals surface area contributed by atoms with E-state index in [2.05, 4.69) is 22.0 Å². The average molecular weight is 429 g/mol. The fourth-order valence-corrected chi connectivity index (χ4v) is 4.96. The van der Waals surface area contributed by atoms with Crippen molar-refractivity contribution in [1.29, 1.82) is 0 Å². The molecule has 2 atom stereocenters. The smallest absolute Gasteiger partial charge is 0.263 e. The molecule has 2 N–H and O–H groups in total. The summed E-state index contributed by atoms with van der Waals surface area (Å²) >= 11 is 0. The van der Waals surface area contributed by atoms with Gasteiger partial charge in [0.1, 0.15) is 11.9 Å². The maximum Gasteiger partial charge on any atom is 0.263 e. The lowest BCUT2D eigenvalue weighted by Gasteiger charge is -2.21. The second-order valence-corrected chi connectivity index (χ2v) is 8.88. The summed E-state index contributed by atoms with van der Waals surface area (Å²) in [6.07, 6.45) is 3.43. The van der Waals surface area contributed by atoms with Crippen LogP contribution in [0.4, 0.5) is 0 Å². The van der Waals surface area contributed by atoms with Crippen molar-refractivity contribution in [3.05, 3.63) is 29.8 Å². The van der Waals surface area contributed by atoms with Crippen LogP contribution in [0.25, 0.3) is 0 Å². The maximum absolute atomic E-state index is 13.1. The van der Waals surface area contributed by atoms with Gasteiger partial charge >= 0.3 is 0 Å². The highest BCUT2D eigenvalue weighted by Crippen LogP contribution is 2.24. The number of hydrogen-bond donors (Lipinski definition) is 2. The minimum atomic E-state index is -3.60. The first-order valence-corrected chi connectivity index (χ1v) is 11.1. The van der Waals surface area contributed by atoms with Gasteiger partial charge in [-0.15, -0.1) is 12.4 Å². The zero-order valence-electron chi connectivity index (χ0n) is 16.3. The van der Waals surface area contributed by atoms with Crippen LogP contribution in [0.2, 0.25) is 0 Å². The second kappa shape index (κ2) is 9.71. The van der Waals surface area contributed by atoms with Gasteiger partial charge in [0.15, 0.2) is 0 Å². The molecule has 2 heterocycles. The molecule has 0 aliphatic carbocycles. The third-order valence-corrected chi connectivity index (χ3v) is 6.55. The Hall–Kier alpha value is -1.64. The summed E-state index contributed by atoms with van der Waals surface area (Å²) in [6.45, 7) is 4.43. The summed E-state index contributed by atoms with van der Waals surface area (Å²) in [6, 6.07) is 6.20. The number of amides is 1. The standard InChI is InChI=1S/C19H28N4O3S.ClH/c1-3-4-8-16(19(24)23-11-10-14(13-23)12-20-2)21-18-15-7-5-6-9-17(15)27(25,26)22-18;/h5-7,9,14,16,20H,3-4,8,10-13H2,1-2H3,(H,21,22);1H. The lowest BCUT2D eigenvalue weighted by Crippen LogP contribution is -2.38. The van der Waals surface area contributed by atoms with Crippen molar-refractivity contribution in [1.82, 2.24) is 14.9 Å². The molecule has 1 aromatic carbocycles. The second-order valence-electron chi connectivity index (χ2n) is 7.23. The van der Waals surface area contributed by atoms with E-state index in [4.69, 9.17) is 0 Å². The number of halogens is 1. The van der Waals surface area contributed by atoms with Crippen LogP contribution in [-0.2, 0) is 14.8 Å². The molecule has 0 spiro atoms. The number of likely N-dealkylation sites (tertiary alicyclic amines) is 1. The van der Waals surface area contributed by atoms with E-state index in [1.165, 1.54) is 0 Å². The van der Waals surface area contributed by atoms with Gasteiger partial charge in [-0.2, -0.15) is 0 Å². The Balaban J connectivity index is 0.00000280. The highest BCUT2D eigenvalue weighted by atomic mass is 35.5. The summed E-state index contributed by atoms with van der Waals surface area (Å²) in [7, 11) is -1.67. The third-order valence-electron chi connectivity index (χ3n) is 5.15. The van der Waals surface area contributed by atoms with Crippen LogP contribution in [0.3, 0.4) is 0 Å². The first-order valence-electron chi connectivity index (χ1n) is 9.59. The first-order chi connectivity index (χ1) is 13.0. The van der Waals surface area contributed by atoms with E-state index in [9.17, 15) is 13.2 Å². The number of sulfonamides is 1. The maximum atomic E-state index is 13.1. The van der Waals surface area contributed by atoms with Crippen LogP contribution in [-0.4, -0.2) is 57.8 Å². The Kier molecular flexibility index (Phi) is 7.86. The molecule has 1 amide bonds. The molecule has 1 fully saturated rings. The Morgan fingerprint density at radius 1 is 1.39 bits per heavy atom. The molecule has 2 aliphatic heterocycles. The Morgan fingerprint density at radius 3 is 2.86 bits per heavy atom. The quantitative estimate of drug-likeness (QED) is 0.692. The van der Waals surface area contributed by atoms with Crippen LogP contribution >= 0.6 is 12.4 Å². The highest BCUT2D eigenvalue weighted by molar-refractivity contribution is 7.90. The van der Waals surface area contributed by atoms with Crippen LogP contribution in [0.5, 0.6) is 0 Å². The van der Waals surface area contributed by atoms with E-state index in [-0.39, 0.29) is 29.0 Å². The third kappa shape index (κ3) is 4.85. The average Bonchev–Trinajstić information content (AvgIpc) is 3.21. The molecule has 0 saturated carbocycles. The molecule has 0 radical (unpaired) electrons. The molecule has 3 rings (SSSR count). The number of rotatable bonds is 7. The number of carbonyl (C=O) groups excluding carboxylic acids is 1. The number of fused-ring (bicyclic) bond motifs is 1. The summed E-state index contributed by atoms with van der Waals surface area (Å²) in [5.74, 6) is 0.744. The Bertz CT molecular complexity index is 828. The highest BCUT2D eigenvalue weighted by Gasteiger charge is 2.34. The topological polar surface area (TPSA) is 90.9 Å². The van der Waals surface area contributed by atoms with E-state index in [1.807, 2.05) is 11.9 Å². The van der Waals surface area contributed by atoms with Crippen LogP contribution in [0.15, 0.2) is 34.2 Å². The number of carbonyl (C=O) groups is 1. The minimum absolute atomic E-state index is 0. The number of hydrogen-bond acceptors (Lipinski definition) is 5. The molecule has 7 nitrogen and oxygen atoms in total. The first kappa shape index (κ1) is 22.6. The number of benzene rings is 1. The van der Waals surface area contributed by atoms with Crippen molar-refractivity contribution in [2.75, 3.05) is 26.7 Å². The van der Waals surface area contributed by atoms with E-state index in [0.29, 0.717) is 17.9 Å². The SMILES string of the molecule is CCCCC(N=C1NS(=O)(=O)c2ccccc21)C(=O)N1CCC(CNC)C1.Cl. The van der Waals surface area contributed by atoms with E-state index >= 15 is 0 Å². The number of aliphatic imine (C=N–C) groups is 1. The number of unbranched alkanes of at least 4 members (excludes halogenated alkanes) is 1. The van der Waals surface area contributed by atoms with Crippen molar-refractivity contribution in [3.63, 3.8) is 0 Å². The minimum Gasteiger partial charge on any atom is -0.341 e. The van der Waals surface area contributed by atoms with Gasteiger partial charge in [0.2, 0.25) is 5.91 Å². The van der Waals surface area contributed by atoms with Crippen molar-refractivity contribution < 1.29 is 13.2 Å². The monoisotopic (exact) mass is 428 g/mol. The Labute approximate surface area is 173 Å². The summed E-state index contributed by atoms with van der Waals surface area (Å²) in [5.41, 5.74) is 0.543. The lowest BCUT2D eigenvalue weighted by molar-refractivity contribution is -0.131. The lowest BCUT2D eigenvalue weighted by atomic mass is 10.1. The van der Waals surface area contributed by atoms with E-state index in [0.717, 1.165) is 38.9 Å². The van der Waals surface area contributed by atoms with E-state index < -0.39 is 16.1 Å². The van der Waals surface area contributed by atoms with Gasteiger partial charge < -0.3 is 10.2 Å². The van der Waals surface area contributed by atoms with Crippen molar-refractivity contribution >= 4 is 34.2 Å². The van der Waals surface area contributed by atoms with Crippen LogP contribution < -0.4 is 10.0 Å². The molecule has 1 aromatic rings. The fraction of sp³-hybridized carbons (Fsp3) is 0.579. The van der Waals surface area contributed by atoms with Gasteiger partial charge in [0, 0.05) is 18.7 Å². The van der Waals surface area contributed by atoms with Crippen molar-refractivity contribution in [2.24, 2.45) is 10.9 Å². The van der Waals surface area contributed by atoms with Crippen molar-refractivity contribution in [2.45, 2.75) is 43.5 Å². The molecular weight excluding hydrogens is 400 g/mol. The Morgan fingerprint density at radius 2 is 2.14 bits per heavy atom. The normalized spacial score (nSPS) is 22.4. The van der Waals surface area contributed by atoms with Gasteiger partial charge in [-0.25, -0.2) is 8.42 Å². The molecule has 28 heavy (non-hydrogen) atoms. The zero-order valence-corrected chi connectivity index (χ0v) is 18.0. The molecule has 2 aliphatic rings. The van der Waals surface area contributed by atoms with Gasteiger partial charge in [-0.3, -0.25) is 14.5 Å². The molecule has 0 aromatic heterocycles. The summed E-state index contributed by atoms with van der Waals surface area (Å²) in [4.78, 5) is 19.8.